The molecule has 1 rings (SSSR count). The van der Waals surface area contributed by atoms with Crippen LogP contribution in [0.1, 0.15) is 5.69 Å². The number of aryl methyl sites for hydroxylation is 2. The molecule has 0 bridgehead atoms. The second-order valence-electron chi connectivity index (χ2n) is 1.80. The molecule has 1 aromatic heterocycles. The van der Waals surface area contributed by atoms with Gasteiger partial charge in [-0.3, -0.25) is 0 Å². The fraction of sp³-hybridized carbons (Fsp3) is 0.400. The van der Waals surface area contributed by atoms with Crippen LogP contribution in [0.15, 0.2) is 4.99 Å². The molecule has 52 valence electrons. The van der Waals surface area contributed by atoms with E-state index in [-0.39, 0.29) is 0 Å². The van der Waals surface area contributed by atoms with E-state index in [4.69, 9.17) is 0 Å². The van der Waals surface area contributed by atoms with Crippen molar-refractivity contribution in [1.82, 2.24) is 15.0 Å². The number of rotatable bonds is 1. The lowest BCUT2D eigenvalue weighted by Crippen LogP contribution is -1.91. The zero-order valence-corrected chi connectivity index (χ0v) is 5.70. The fourth-order valence-electron chi connectivity index (χ4n) is 0.640. The van der Waals surface area contributed by atoms with Gasteiger partial charge < -0.3 is 0 Å². The smallest absolute Gasteiger partial charge is 0.211 e. The van der Waals surface area contributed by atoms with Crippen molar-refractivity contribution >= 4 is 11.9 Å². The molecule has 5 nitrogen and oxygen atoms in total. The standard InChI is InChI=1S/C5H6N4O/c1-4-5(6-3-10)8-9(2)7-4/h1-2H3. The average molecular weight is 138 g/mol. The largest absolute Gasteiger partial charge is 0.242 e. The van der Waals surface area contributed by atoms with Crippen molar-refractivity contribution in [3.8, 4) is 0 Å². The quantitative estimate of drug-likeness (QED) is 0.408. The Balaban J connectivity index is 3.14. The van der Waals surface area contributed by atoms with E-state index in [9.17, 15) is 4.79 Å². The predicted octanol–water partition coefficient (Wildman–Crippen LogP) is 0.0908. The molecule has 0 aromatic carbocycles. The Labute approximate surface area is 57.4 Å². The molecule has 0 saturated heterocycles. The van der Waals surface area contributed by atoms with Crippen LogP contribution in [0.4, 0.5) is 5.82 Å². The molecule has 0 N–H and O–H groups in total. The number of isocyanates is 1. The van der Waals surface area contributed by atoms with Gasteiger partial charge in [0.25, 0.3) is 0 Å². The molecule has 0 aliphatic rings. The highest BCUT2D eigenvalue weighted by Gasteiger charge is 2.00. The molecule has 0 amide bonds. The van der Waals surface area contributed by atoms with Crippen molar-refractivity contribution in [3.63, 3.8) is 0 Å². The van der Waals surface area contributed by atoms with Gasteiger partial charge in [-0.2, -0.15) is 9.90 Å². The van der Waals surface area contributed by atoms with Crippen LogP contribution >= 0.6 is 0 Å². The lowest BCUT2D eigenvalue weighted by molar-refractivity contribution is 0.565. The molecule has 10 heavy (non-hydrogen) atoms. The van der Waals surface area contributed by atoms with Crippen LogP contribution < -0.4 is 0 Å². The van der Waals surface area contributed by atoms with Gasteiger partial charge in [-0.15, -0.1) is 10.1 Å². The maximum atomic E-state index is 9.77. The first-order valence-corrected chi connectivity index (χ1v) is 2.70. The van der Waals surface area contributed by atoms with E-state index < -0.39 is 0 Å². The third-order valence-corrected chi connectivity index (χ3v) is 1.01. The van der Waals surface area contributed by atoms with Gasteiger partial charge in [-0.1, -0.05) is 0 Å². The van der Waals surface area contributed by atoms with Crippen LogP contribution in [0.5, 0.6) is 0 Å². The summed E-state index contributed by atoms with van der Waals surface area (Å²) < 4.78 is 0. The zero-order valence-electron chi connectivity index (χ0n) is 5.70. The summed E-state index contributed by atoms with van der Waals surface area (Å²) in [6.45, 7) is 1.73. The molecule has 1 heterocycles. The van der Waals surface area contributed by atoms with Gasteiger partial charge in [0.05, 0.1) is 0 Å². The number of aromatic nitrogens is 3. The summed E-state index contributed by atoms with van der Waals surface area (Å²) in [4.78, 5) is 14.4. The highest BCUT2D eigenvalue weighted by atomic mass is 16.1. The number of hydrogen-bond donors (Lipinski definition) is 0. The van der Waals surface area contributed by atoms with Gasteiger partial charge >= 0.3 is 0 Å². The molecule has 0 radical (unpaired) electrons. The maximum Gasteiger partial charge on any atom is 0.242 e. The van der Waals surface area contributed by atoms with Crippen LogP contribution in [0, 0.1) is 6.92 Å². The Kier molecular flexibility index (Phi) is 1.60. The topological polar surface area (TPSA) is 60.1 Å². The summed E-state index contributed by atoms with van der Waals surface area (Å²) in [5.41, 5.74) is 0.630. The van der Waals surface area contributed by atoms with Crippen molar-refractivity contribution in [3.05, 3.63) is 5.69 Å². The fourth-order valence-corrected chi connectivity index (χ4v) is 0.640. The second-order valence-corrected chi connectivity index (χ2v) is 1.80. The van der Waals surface area contributed by atoms with Gasteiger partial charge in [-0.25, -0.2) is 4.79 Å². The van der Waals surface area contributed by atoms with E-state index in [1.165, 1.54) is 10.9 Å². The Hall–Kier alpha value is -1.48. The third-order valence-electron chi connectivity index (χ3n) is 1.01. The Morgan fingerprint density at radius 2 is 2.30 bits per heavy atom. The molecular formula is C5H6N4O. The summed E-state index contributed by atoms with van der Waals surface area (Å²) >= 11 is 0. The first-order valence-electron chi connectivity index (χ1n) is 2.70. The minimum atomic E-state index is 0.331. The van der Waals surface area contributed by atoms with Crippen molar-refractivity contribution in [2.24, 2.45) is 12.0 Å². The van der Waals surface area contributed by atoms with E-state index >= 15 is 0 Å². The zero-order chi connectivity index (χ0) is 7.56. The van der Waals surface area contributed by atoms with Gasteiger partial charge in [0.2, 0.25) is 11.9 Å². The third kappa shape index (κ3) is 1.09. The van der Waals surface area contributed by atoms with Gasteiger partial charge in [-0.05, 0) is 6.92 Å². The summed E-state index contributed by atoms with van der Waals surface area (Å²) in [6, 6.07) is 0. The molecule has 0 fully saturated rings. The molecule has 0 aliphatic heterocycles. The van der Waals surface area contributed by atoms with Crippen molar-refractivity contribution in [1.29, 1.82) is 0 Å². The Morgan fingerprint density at radius 1 is 1.60 bits per heavy atom. The lowest BCUT2D eigenvalue weighted by Gasteiger charge is -1.76. The summed E-state index contributed by atoms with van der Waals surface area (Å²) in [5.74, 6) is 0.331. The van der Waals surface area contributed by atoms with Crippen molar-refractivity contribution in [2.75, 3.05) is 0 Å². The number of nitrogens with zero attached hydrogens (tertiary/aromatic N) is 4. The minimum absolute atomic E-state index is 0.331. The summed E-state index contributed by atoms with van der Waals surface area (Å²) in [6.07, 6.45) is 1.40. The first kappa shape index (κ1) is 6.64. The van der Waals surface area contributed by atoms with Crippen molar-refractivity contribution < 1.29 is 4.79 Å². The Morgan fingerprint density at radius 3 is 2.70 bits per heavy atom. The molecule has 0 aliphatic carbocycles. The van der Waals surface area contributed by atoms with E-state index in [0.29, 0.717) is 11.5 Å². The highest BCUT2D eigenvalue weighted by molar-refractivity contribution is 5.45. The van der Waals surface area contributed by atoms with Gasteiger partial charge in [0, 0.05) is 7.05 Å². The molecule has 0 saturated carbocycles. The molecule has 0 unspecified atom stereocenters. The van der Waals surface area contributed by atoms with Crippen LogP contribution in [0.25, 0.3) is 0 Å². The normalized spacial score (nSPS) is 9.00. The molecular weight excluding hydrogens is 132 g/mol. The molecule has 0 spiro atoms. The van der Waals surface area contributed by atoms with E-state index in [0.717, 1.165) is 0 Å². The van der Waals surface area contributed by atoms with Gasteiger partial charge in [0.1, 0.15) is 5.69 Å². The average Bonchev–Trinajstić information content (AvgIpc) is 2.13. The predicted molar refractivity (Wildman–Crippen MR) is 33.5 cm³/mol. The monoisotopic (exact) mass is 138 g/mol. The lowest BCUT2D eigenvalue weighted by atomic mass is 10.5. The summed E-state index contributed by atoms with van der Waals surface area (Å²) in [5, 5.41) is 7.64. The second kappa shape index (κ2) is 2.41. The van der Waals surface area contributed by atoms with Crippen LogP contribution in [0.3, 0.4) is 0 Å². The van der Waals surface area contributed by atoms with E-state index in [1.54, 1.807) is 14.0 Å². The minimum Gasteiger partial charge on any atom is -0.211 e. The molecule has 5 heteroatoms. The van der Waals surface area contributed by atoms with Gasteiger partial charge in [0.15, 0.2) is 0 Å². The SMILES string of the molecule is Cc1nn(C)nc1N=C=O. The van der Waals surface area contributed by atoms with E-state index in [2.05, 4.69) is 15.2 Å². The number of aliphatic imine (C=N–C) groups is 1. The van der Waals surface area contributed by atoms with E-state index in [1.807, 2.05) is 0 Å². The number of hydrogen-bond acceptors (Lipinski definition) is 4. The Bertz CT molecular complexity index is 284. The molecule has 0 atom stereocenters. The first-order chi connectivity index (χ1) is 4.74. The van der Waals surface area contributed by atoms with Crippen LogP contribution in [-0.2, 0) is 11.8 Å². The van der Waals surface area contributed by atoms with Crippen molar-refractivity contribution in [2.45, 2.75) is 6.92 Å². The number of carbonyl (C=O) groups excluding carboxylic acids is 1. The maximum absolute atomic E-state index is 9.77. The highest BCUT2D eigenvalue weighted by Crippen LogP contribution is 2.08. The molecule has 1 aromatic rings. The summed E-state index contributed by atoms with van der Waals surface area (Å²) in [7, 11) is 1.66. The van der Waals surface area contributed by atoms with Crippen LogP contribution in [0.2, 0.25) is 0 Å². The van der Waals surface area contributed by atoms with Crippen LogP contribution in [-0.4, -0.2) is 21.1 Å².